The summed E-state index contributed by atoms with van der Waals surface area (Å²) in [6.45, 7) is 5.66. The molecule has 0 saturated carbocycles. The Morgan fingerprint density at radius 3 is 1.33 bits per heavy atom. The average molecular weight is 253 g/mol. The number of unbranched alkanes of at least 4 members (excludes halogenated alkanes) is 12. The minimum Gasteiger partial charge on any atom is -0.244 e. The molecule has 0 aromatic carbocycles. The zero-order valence-electron chi connectivity index (χ0n) is 12.5. The summed E-state index contributed by atoms with van der Waals surface area (Å²) < 4.78 is 0. The van der Waals surface area contributed by atoms with Crippen LogP contribution in [0.5, 0.6) is 0 Å². The molecular formula is C17H33O+. The lowest BCUT2D eigenvalue weighted by atomic mass is 10.0. The number of Topliss-reactive ketones (excluding diaryl/α,β-unsaturated/α-hetero) is 1. The lowest BCUT2D eigenvalue weighted by molar-refractivity contribution is -0.114. The molecule has 0 unspecified atom stereocenters. The average Bonchev–Trinajstić information content (AvgIpc) is 2.34. The molecule has 0 rings (SSSR count). The van der Waals surface area contributed by atoms with Crippen LogP contribution in [0, 0.1) is 6.92 Å². The number of rotatable bonds is 14. The van der Waals surface area contributed by atoms with E-state index in [2.05, 4.69) is 13.8 Å². The van der Waals surface area contributed by atoms with Gasteiger partial charge in [0, 0.05) is 0 Å². The van der Waals surface area contributed by atoms with Crippen molar-refractivity contribution in [1.82, 2.24) is 0 Å². The maximum Gasteiger partial charge on any atom is 0.303 e. The van der Waals surface area contributed by atoms with Crippen LogP contribution in [0.4, 0.5) is 0 Å². The van der Waals surface area contributed by atoms with Crippen molar-refractivity contribution in [2.24, 2.45) is 0 Å². The fourth-order valence-electron chi connectivity index (χ4n) is 2.34. The number of ketones is 1. The fourth-order valence-corrected chi connectivity index (χ4v) is 2.34. The first-order valence-corrected chi connectivity index (χ1v) is 8.12. The first-order chi connectivity index (χ1) is 8.77. The second-order valence-electron chi connectivity index (χ2n) is 5.53. The SMILES string of the molecule is [CH2+]C(=O)CCCCCCCCCCCCCCC. The lowest BCUT2D eigenvalue weighted by Crippen LogP contribution is -1.89. The van der Waals surface area contributed by atoms with Crippen molar-refractivity contribution in [2.75, 3.05) is 0 Å². The van der Waals surface area contributed by atoms with Gasteiger partial charge < -0.3 is 0 Å². The summed E-state index contributed by atoms with van der Waals surface area (Å²) in [5.74, 6) is 0.0954. The molecule has 106 valence electrons. The van der Waals surface area contributed by atoms with Gasteiger partial charge in [0.25, 0.3) is 0 Å². The molecule has 1 heteroatoms. The van der Waals surface area contributed by atoms with Gasteiger partial charge in [0.1, 0.15) is 6.92 Å². The van der Waals surface area contributed by atoms with Crippen molar-refractivity contribution < 1.29 is 4.79 Å². The van der Waals surface area contributed by atoms with Gasteiger partial charge >= 0.3 is 5.78 Å². The fraction of sp³-hybridized carbons (Fsp3) is 0.882. The minimum absolute atomic E-state index is 0.0954. The number of carbonyl (C=O) groups is 1. The molecule has 0 spiro atoms. The second kappa shape index (κ2) is 14.6. The van der Waals surface area contributed by atoms with E-state index >= 15 is 0 Å². The molecule has 0 aliphatic carbocycles. The lowest BCUT2D eigenvalue weighted by Gasteiger charge is -2.02. The van der Waals surface area contributed by atoms with E-state index in [0.717, 1.165) is 6.42 Å². The van der Waals surface area contributed by atoms with E-state index in [0.29, 0.717) is 6.42 Å². The molecular weight excluding hydrogens is 220 g/mol. The highest BCUT2D eigenvalue weighted by atomic mass is 16.1. The maximum absolute atomic E-state index is 10.6. The Morgan fingerprint density at radius 2 is 1.00 bits per heavy atom. The molecule has 0 radical (unpaired) electrons. The highest BCUT2D eigenvalue weighted by Gasteiger charge is 1.99. The Labute approximate surface area is 115 Å². The normalized spacial score (nSPS) is 10.7. The molecule has 0 fully saturated rings. The molecule has 0 N–H and O–H groups in total. The standard InChI is InChI=1S/C17H33O/c1-3-4-5-6-7-8-9-10-11-12-13-14-15-16-17(2)18/h2-16H2,1H3/q+1. The van der Waals surface area contributed by atoms with Crippen molar-refractivity contribution in [3.63, 3.8) is 0 Å². The Bertz CT molecular complexity index is 174. The van der Waals surface area contributed by atoms with Crippen LogP contribution in [0.1, 0.15) is 96.8 Å². The van der Waals surface area contributed by atoms with Gasteiger partial charge in [-0.15, -0.1) is 0 Å². The second-order valence-corrected chi connectivity index (χ2v) is 5.53. The molecule has 0 amide bonds. The van der Waals surface area contributed by atoms with Crippen molar-refractivity contribution >= 4 is 5.78 Å². The van der Waals surface area contributed by atoms with E-state index in [9.17, 15) is 4.79 Å². The van der Waals surface area contributed by atoms with E-state index in [1.165, 1.54) is 77.0 Å². The van der Waals surface area contributed by atoms with E-state index in [-0.39, 0.29) is 5.78 Å². The summed E-state index contributed by atoms with van der Waals surface area (Å²) in [6.07, 6.45) is 18.3. The zero-order valence-corrected chi connectivity index (χ0v) is 12.5. The molecule has 0 aliphatic rings. The Balaban J connectivity index is 2.92. The van der Waals surface area contributed by atoms with Gasteiger partial charge in [-0.25, -0.2) is 4.79 Å². The maximum atomic E-state index is 10.6. The largest absolute Gasteiger partial charge is 0.303 e. The first kappa shape index (κ1) is 17.5. The van der Waals surface area contributed by atoms with Crippen molar-refractivity contribution in [3.8, 4) is 0 Å². The van der Waals surface area contributed by atoms with Crippen molar-refractivity contribution in [2.45, 2.75) is 96.8 Å². The molecule has 0 aromatic heterocycles. The molecule has 0 bridgehead atoms. The summed E-state index contributed by atoms with van der Waals surface area (Å²) in [5, 5.41) is 0. The van der Waals surface area contributed by atoms with Crippen LogP contribution in [-0.4, -0.2) is 5.78 Å². The van der Waals surface area contributed by atoms with Crippen LogP contribution in [-0.2, 0) is 4.79 Å². The minimum atomic E-state index is 0.0954. The molecule has 18 heavy (non-hydrogen) atoms. The van der Waals surface area contributed by atoms with E-state index in [1.54, 1.807) is 0 Å². The summed E-state index contributed by atoms with van der Waals surface area (Å²) >= 11 is 0. The molecule has 0 aromatic rings. The Hall–Kier alpha value is -0.460. The van der Waals surface area contributed by atoms with Gasteiger partial charge in [0.2, 0.25) is 0 Å². The van der Waals surface area contributed by atoms with Crippen LogP contribution in [0.25, 0.3) is 0 Å². The highest BCUT2D eigenvalue weighted by molar-refractivity contribution is 5.82. The zero-order chi connectivity index (χ0) is 13.5. The topological polar surface area (TPSA) is 17.1 Å². The van der Waals surface area contributed by atoms with Crippen molar-refractivity contribution in [3.05, 3.63) is 6.92 Å². The van der Waals surface area contributed by atoms with Crippen LogP contribution in [0.3, 0.4) is 0 Å². The van der Waals surface area contributed by atoms with Crippen LogP contribution in [0.15, 0.2) is 0 Å². The van der Waals surface area contributed by atoms with E-state index in [4.69, 9.17) is 0 Å². The smallest absolute Gasteiger partial charge is 0.244 e. The highest BCUT2D eigenvalue weighted by Crippen LogP contribution is 2.12. The summed E-state index contributed by atoms with van der Waals surface area (Å²) in [4.78, 5) is 10.6. The summed E-state index contributed by atoms with van der Waals surface area (Å²) in [5.41, 5.74) is 0. The molecule has 0 saturated heterocycles. The quantitative estimate of drug-likeness (QED) is 0.279. The van der Waals surface area contributed by atoms with Gasteiger partial charge in [0.05, 0.1) is 6.42 Å². The Morgan fingerprint density at radius 1 is 0.667 bits per heavy atom. The molecule has 0 aliphatic heterocycles. The summed E-state index contributed by atoms with van der Waals surface area (Å²) in [6, 6.07) is 0. The first-order valence-electron chi connectivity index (χ1n) is 8.12. The van der Waals surface area contributed by atoms with Gasteiger partial charge in [-0.05, 0) is 6.42 Å². The van der Waals surface area contributed by atoms with Gasteiger partial charge in [0.15, 0.2) is 0 Å². The van der Waals surface area contributed by atoms with Gasteiger partial charge in [-0.3, -0.25) is 0 Å². The predicted octanol–water partition coefficient (Wildman–Crippen LogP) is 5.87. The third-order valence-corrected chi connectivity index (χ3v) is 3.56. The monoisotopic (exact) mass is 253 g/mol. The number of hydrogen-bond acceptors (Lipinski definition) is 1. The third-order valence-electron chi connectivity index (χ3n) is 3.56. The van der Waals surface area contributed by atoms with Gasteiger partial charge in [-0.1, -0.05) is 84.0 Å². The number of hydrogen-bond donors (Lipinski definition) is 0. The molecule has 0 heterocycles. The molecule has 0 atom stereocenters. The van der Waals surface area contributed by atoms with Crippen LogP contribution in [0.2, 0.25) is 0 Å². The van der Waals surface area contributed by atoms with Crippen molar-refractivity contribution in [1.29, 1.82) is 0 Å². The summed E-state index contributed by atoms with van der Waals surface area (Å²) in [7, 11) is 0. The third kappa shape index (κ3) is 15.5. The van der Waals surface area contributed by atoms with Crippen LogP contribution < -0.4 is 0 Å². The number of carbonyl (C=O) groups excluding carboxylic acids is 1. The van der Waals surface area contributed by atoms with E-state index < -0.39 is 0 Å². The van der Waals surface area contributed by atoms with Gasteiger partial charge in [-0.2, -0.15) is 0 Å². The van der Waals surface area contributed by atoms with Crippen LogP contribution >= 0.6 is 0 Å². The Kier molecular flexibility index (Phi) is 14.2. The van der Waals surface area contributed by atoms with E-state index in [1.807, 2.05) is 0 Å². The molecule has 1 nitrogen and oxygen atoms in total. The predicted molar refractivity (Wildman–Crippen MR) is 80.7 cm³/mol.